The third-order valence-corrected chi connectivity index (χ3v) is 1.62. The van der Waals surface area contributed by atoms with Crippen molar-refractivity contribution >= 4 is 5.97 Å². The first kappa shape index (κ1) is 8.27. The highest BCUT2D eigenvalue weighted by molar-refractivity contribution is 5.69. The maximum Gasteiger partial charge on any atom is 0.308 e. The van der Waals surface area contributed by atoms with Gasteiger partial charge in [0.25, 0.3) is 0 Å². The summed E-state index contributed by atoms with van der Waals surface area (Å²) in [4.78, 5) is 10.8. The molecule has 1 heterocycles. The van der Waals surface area contributed by atoms with Crippen molar-refractivity contribution in [2.24, 2.45) is 0 Å². The SMILES string of the molecule is COC(=O)C[C@@H]1CC=CCO1. The molecule has 0 saturated heterocycles. The normalized spacial score (nSPS) is 23.2. The molecule has 1 rings (SSSR count). The first-order chi connectivity index (χ1) is 5.33. The van der Waals surface area contributed by atoms with Crippen LogP contribution < -0.4 is 0 Å². The lowest BCUT2D eigenvalue weighted by Crippen LogP contribution is -2.20. The number of hydrogen-bond donors (Lipinski definition) is 0. The highest BCUT2D eigenvalue weighted by atomic mass is 16.5. The van der Waals surface area contributed by atoms with Crippen LogP contribution in [0.4, 0.5) is 0 Å². The Morgan fingerprint density at radius 3 is 3.09 bits per heavy atom. The van der Waals surface area contributed by atoms with Crippen LogP contribution in [0, 0.1) is 0 Å². The van der Waals surface area contributed by atoms with Gasteiger partial charge in [-0.25, -0.2) is 0 Å². The van der Waals surface area contributed by atoms with E-state index in [4.69, 9.17) is 4.74 Å². The molecule has 0 aromatic carbocycles. The van der Waals surface area contributed by atoms with Crippen molar-refractivity contribution in [2.75, 3.05) is 13.7 Å². The molecular formula is C8H12O3. The fourth-order valence-corrected chi connectivity index (χ4v) is 0.987. The highest BCUT2D eigenvalue weighted by Crippen LogP contribution is 2.10. The molecule has 0 N–H and O–H groups in total. The Hall–Kier alpha value is -0.830. The van der Waals surface area contributed by atoms with E-state index in [-0.39, 0.29) is 12.1 Å². The summed E-state index contributed by atoms with van der Waals surface area (Å²) in [6.07, 6.45) is 5.17. The second-order valence-corrected chi connectivity index (χ2v) is 2.44. The van der Waals surface area contributed by atoms with Crippen molar-refractivity contribution in [1.82, 2.24) is 0 Å². The largest absolute Gasteiger partial charge is 0.469 e. The van der Waals surface area contributed by atoms with Crippen molar-refractivity contribution in [1.29, 1.82) is 0 Å². The van der Waals surface area contributed by atoms with Gasteiger partial charge >= 0.3 is 5.97 Å². The van der Waals surface area contributed by atoms with Crippen LogP contribution in [0.1, 0.15) is 12.8 Å². The van der Waals surface area contributed by atoms with E-state index in [9.17, 15) is 4.79 Å². The highest BCUT2D eigenvalue weighted by Gasteiger charge is 2.14. The molecule has 0 bridgehead atoms. The third-order valence-electron chi connectivity index (χ3n) is 1.62. The summed E-state index contributed by atoms with van der Waals surface area (Å²) in [5.74, 6) is -0.203. The molecule has 0 saturated carbocycles. The second-order valence-electron chi connectivity index (χ2n) is 2.44. The van der Waals surface area contributed by atoms with Crippen molar-refractivity contribution in [2.45, 2.75) is 18.9 Å². The van der Waals surface area contributed by atoms with Gasteiger partial charge in [0.15, 0.2) is 0 Å². The van der Waals surface area contributed by atoms with Crippen LogP contribution in [0.2, 0.25) is 0 Å². The first-order valence-corrected chi connectivity index (χ1v) is 3.66. The number of hydrogen-bond acceptors (Lipinski definition) is 3. The van der Waals surface area contributed by atoms with Gasteiger partial charge in [0.1, 0.15) is 0 Å². The van der Waals surface area contributed by atoms with Crippen molar-refractivity contribution in [3.63, 3.8) is 0 Å². The van der Waals surface area contributed by atoms with Gasteiger partial charge in [-0.15, -0.1) is 0 Å². The molecule has 0 spiro atoms. The van der Waals surface area contributed by atoms with E-state index in [0.29, 0.717) is 13.0 Å². The molecule has 3 heteroatoms. The maximum absolute atomic E-state index is 10.8. The van der Waals surface area contributed by atoms with Gasteiger partial charge in [0.05, 0.1) is 26.2 Å². The van der Waals surface area contributed by atoms with Crippen LogP contribution >= 0.6 is 0 Å². The van der Waals surface area contributed by atoms with Crippen LogP contribution in [0.15, 0.2) is 12.2 Å². The first-order valence-electron chi connectivity index (χ1n) is 3.66. The number of esters is 1. The summed E-state index contributed by atoms with van der Waals surface area (Å²) in [5.41, 5.74) is 0. The summed E-state index contributed by atoms with van der Waals surface area (Å²) in [6, 6.07) is 0. The van der Waals surface area contributed by atoms with E-state index >= 15 is 0 Å². The molecule has 0 fully saturated rings. The van der Waals surface area contributed by atoms with Gasteiger partial charge in [-0.1, -0.05) is 12.2 Å². The fraction of sp³-hybridized carbons (Fsp3) is 0.625. The minimum absolute atomic E-state index is 0.0208. The standard InChI is InChI=1S/C8H12O3/c1-10-8(9)6-7-4-2-3-5-11-7/h2-3,7H,4-6H2,1H3/t7-/m0/s1. The molecule has 0 amide bonds. The minimum Gasteiger partial charge on any atom is -0.469 e. The zero-order valence-electron chi connectivity index (χ0n) is 6.58. The molecule has 1 aliphatic heterocycles. The van der Waals surface area contributed by atoms with E-state index in [0.717, 1.165) is 6.42 Å². The number of rotatable bonds is 2. The van der Waals surface area contributed by atoms with Gasteiger partial charge < -0.3 is 9.47 Å². The van der Waals surface area contributed by atoms with Gasteiger partial charge in [-0.2, -0.15) is 0 Å². The molecule has 0 radical (unpaired) electrons. The summed E-state index contributed by atoms with van der Waals surface area (Å²) in [5, 5.41) is 0. The van der Waals surface area contributed by atoms with Gasteiger partial charge in [-0.05, 0) is 6.42 Å². The Bertz CT molecular complexity index is 163. The summed E-state index contributed by atoms with van der Waals surface area (Å²) < 4.78 is 9.77. The quantitative estimate of drug-likeness (QED) is 0.440. The lowest BCUT2D eigenvalue weighted by molar-refractivity contribution is -0.143. The van der Waals surface area contributed by atoms with Gasteiger partial charge in [-0.3, -0.25) is 4.79 Å². The third kappa shape index (κ3) is 2.72. The predicted molar refractivity (Wildman–Crippen MR) is 40.1 cm³/mol. The van der Waals surface area contributed by atoms with Crippen LogP contribution in [-0.4, -0.2) is 25.8 Å². The van der Waals surface area contributed by atoms with Crippen LogP contribution in [-0.2, 0) is 14.3 Å². The smallest absolute Gasteiger partial charge is 0.308 e. The molecule has 1 atom stereocenters. The molecular weight excluding hydrogens is 144 g/mol. The number of ether oxygens (including phenoxy) is 2. The predicted octanol–water partition coefficient (Wildman–Crippen LogP) is 0.895. The minimum atomic E-state index is -0.203. The van der Waals surface area contributed by atoms with E-state index in [1.807, 2.05) is 12.2 Å². The Labute approximate surface area is 66.0 Å². The lowest BCUT2D eigenvalue weighted by Gasteiger charge is -2.16. The average Bonchev–Trinajstić information content (AvgIpc) is 2.06. The van der Waals surface area contributed by atoms with Crippen molar-refractivity contribution in [3.8, 4) is 0 Å². The van der Waals surface area contributed by atoms with E-state index < -0.39 is 0 Å². The Balaban J connectivity index is 2.26. The number of methoxy groups -OCH3 is 1. The molecule has 11 heavy (non-hydrogen) atoms. The number of carbonyl (C=O) groups is 1. The molecule has 62 valence electrons. The molecule has 0 aliphatic carbocycles. The van der Waals surface area contributed by atoms with Crippen molar-refractivity contribution < 1.29 is 14.3 Å². The zero-order valence-corrected chi connectivity index (χ0v) is 6.58. The monoisotopic (exact) mass is 156 g/mol. The summed E-state index contributed by atoms with van der Waals surface area (Å²) in [6.45, 7) is 0.613. The van der Waals surface area contributed by atoms with Crippen molar-refractivity contribution in [3.05, 3.63) is 12.2 Å². The second kappa shape index (κ2) is 4.13. The van der Waals surface area contributed by atoms with Crippen LogP contribution in [0.5, 0.6) is 0 Å². The lowest BCUT2D eigenvalue weighted by atomic mass is 10.1. The van der Waals surface area contributed by atoms with Gasteiger partial charge in [0, 0.05) is 0 Å². The summed E-state index contributed by atoms with van der Waals surface area (Å²) in [7, 11) is 1.39. The molecule has 1 aliphatic rings. The Kier molecular flexibility index (Phi) is 3.11. The van der Waals surface area contributed by atoms with Crippen LogP contribution in [0.25, 0.3) is 0 Å². The van der Waals surface area contributed by atoms with Crippen LogP contribution in [0.3, 0.4) is 0 Å². The molecule has 0 unspecified atom stereocenters. The Morgan fingerprint density at radius 1 is 1.73 bits per heavy atom. The van der Waals surface area contributed by atoms with E-state index in [1.54, 1.807) is 0 Å². The fourth-order valence-electron chi connectivity index (χ4n) is 0.987. The average molecular weight is 156 g/mol. The zero-order chi connectivity index (χ0) is 8.10. The Morgan fingerprint density at radius 2 is 2.55 bits per heavy atom. The summed E-state index contributed by atoms with van der Waals surface area (Å²) >= 11 is 0. The maximum atomic E-state index is 10.8. The molecule has 3 nitrogen and oxygen atoms in total. The van der Waals surface area contributed by atoms with Gasteiger partial charge in [0.2, 0.25) is 0 Å². The van der Waals surface area contributed by atoms with E-state index in [2.05, 4.69) is 4.74 Å². The van der Waals surface area contributed by atoms with E-state index in [1.165, 1.54) is 7.11 Å². The molecule has 0 aromatic rings. The molecule has 0 aromatic heterocycles. The topological polar surface area (TPSA) is 35.5 Å². The number of carbonyl (C=O) groups excluding carboxylic acids is 1.